The van der Waals surface area contributed by atoms with Crippen LogP contribution in [0.5, 0.6) is 0 Å². The van der Waals surface area contributed by atoms with Crippen molar-refractivity contribution in [2.24, 2.45) is 0 Å². The molecule has 1 aliphatic rings. The molecule has 1 fully saturated rings. The third-order valence-corrected chi connectivity index (χ3v) is 3.24. The Hall–Kier alpha value is -1.42. The van der Waals surface area contributed by atoms with Crippen molar-refractivity contribution in [3.8, 4) is 0 Å². The monoisotopic (exact) mass is 248 g/mol. The molecule has 98 valence electrons. The Morgan fingerprint density at radius 2 is 2.39 bits per heavy atom. The summed E-state index contributed by atoms with van der Waals surface area (Å²) in [6.07, 6.45) is 4.19. The van der Waals surface area contributed by atoms with Gasteiger partial charge < -0.3 is 9.64 Å². The van der Waals surface area contributed by atoms with Gasteiger partial charge in [0.2, 0.25) is 5.91 Å². The summed E-state index contributed by atoms with van der Waals surface area (Å²) in [6.45, 7) is 5.68. The van der Waals surface area contributed by atoms with Crippen LogP contribution in [-0.2, 0) is 16.1 Å². The first kappa shape index (κ1) is 13.0. The number of hydrogen-bond acceptors (Lipinski definition) is 3. The third kappa shape index (κ3) is 3.53. The number of aryl methyl sites for hydroxylation is 1. The molecule has 18 heavy (non-hydrogen) atoms. The first-order valence-corrected chi connectivity index (χ1v) is 6.44. The van der Waals surface area contributed by atoms with E-state index in [0.29, 0.717) is 13.1 Å². The minimum Gasteiger partial charge on any atom is -0.376 e. The number of amides is 1. The lowest BCUT2D eigenvalue weighted by atomic mass is 10.2. The SMILES string of the molecule is CC(=O)N(Cc1ccc(C)nc1)C[C@H]1CCCO1. The van der Waals surface area contributed by atoms with Gasteiger partial charge in [-0.05, 0) is 31.4 Å². The average Bonchev–Trinajstić information content (AvgIpc) is 2.84. The molecule has 2 heterocycles. The van der Waals surface area contributed by atoms with Crippen molar-refractivity contribution in [1.82, 2.24) is 9.88 Å². The molecule has 0 unspecified atom stereocenters. The zero-order valence-electron chi connectivity index (χ0n) is 11.1. The smallest absolute Gasteiger partial charge is 0.219 e. The number of aromatic nitrogens is 1. The topological polar surface area (TPSA) is 42.4 Å². The summed E-state index contributed by atoms with van der Waals surface area (Å²) in [4.78, 5) is 17.7. The maximum atomic E-state index is 11.7. The molecule has 0 bridgehead atoms. The summed E-state index contributed by atoms with van der Waals surface area (Å²) in [5.74, 6) is 0.0890. The fourth-order valence-electron chi connectivity index (χ4n) is 2.15. The van der Waals surface area contributed by atoms with Crippen LogP contribution in [-0.4, -0.2) is 35.0 Å². The van der Waals surface area contributed by atoms with Crippen LogP contribution in [0.3, 0.4) is 0 Å². The molecule has 0 radical (unpaired) electrons. The van der Waals surface area contributed by atoms with E-state index in [-0.39, 0.29) is 12.0 Å². The van der Waals surface area contributed by atoms with E-state index < -0.39 is 0 Å². The zero-order valence-corrected chi connectivity index (χ0v) is 11.1. The number of nitrogens with zero attached hydrogens (tertiary/aromatic N) is 2. The Bertz CT molecular complexity index is 397. The van der Waals surface area contributed by atoms with E-state index in [4.69, 9.17) is 4.74 Å². The minimum absolute atomic E-state index is 0.0890. The van der Waals surface area contributed by atoms with E-state index in [0.717, 1.165) is 30.7 Å². The Morgan fingerprint density at radius 1 is 1.56 bits per heavy atom. The summed E-state index contributed by atoms with van der Waals surface area (Å²) in [6, 6.07) is 3.99. The second kappa shape index (κ2) is 5.96. The lowest BCUT2D eigenvalue weighted by molar-refractivity contribution is -0.131. The predicted molar refractivity (Wildman–Crippen MR) is 69.0 cm³/mol. The minimum atomic E-state index is 0.0890. The van der Waals surface area contributed by atoms with Crippen LogP contribution >= 0.6 is 0 Å². The molecule has 0 spiro atoms. The van der Waals surface area contributed by atoms with Gasteiger partial charge in [0.25, 0.3) is 0 Å². The molecule has 1 atom stereocenters. The van der Waals surface area contributed by atoms with Crippen molar-refractivity contribution < 1.29 is 9.53 Å². The average molecular weight is 248 g/mol. The van der Waals surface area contributed by atoms with E-state index in [1.54, 1.807) is 6.92 Å². The molecule has 0 N–H and O–H groups in total. The van der Waals surface area contributed by atoms with E-state index in [1.807, 2.05) is 30.2 Å². The van der Waals surface area contributed by atoms with Gasteiger partial charge in [-0.15, -0.1) is 0 Å². The number of ether oxygens (including phenoxy) is 1. The zero-order chi connectivity index (χ0) is 13.0. The summed E-state index contributed by atoms with van der Waals surface area (Å²) < 4.78 is 5.58. The fraction of sp³-hybridized carbons (Fsp3) is 0.571. The molecule has 1 amide bonds. The van der Waals surface area contributed by atoms with Gasteiger partial charge in [0, 0.05) is 38.5 Å². The maximum Gasteiger partial charge on any atom is 0.219 e. The second-order valence-electron chi connectivity index (χ2n) is 4.84. The van der Waals surface area contributed by atoms with Crippen LogP contribution < -0.4 is 0 Å². The van der Waals surface area contributed by atoms with Crippen LogP contribution in [0.15, 0.2) is 18.3 Å². The summed E-state index contributed by atoms with van der Waals surface area (Å²) in [5.41, 5.74) is 2.06. The Labute approximate surface area is 108 Å². The molecular formula is C14H20N2O2. The van der Waals surface area contributed by atoms with Crippen molar-refractivity contribution >= 4 is 5.91 Å². The molecule has 2 rings (SSSR count). The number of pyridine rings is 1. The first-order chi connectivity index (χ1) is 8.65. The highest BCUT2D eigenvalue weighted by atomic mass is 16.5. The normalized spacial score (nSPS) is 18.9. The van der Waals surface area contributed by atoms with E-state index in [2.05, 4.69) is 4.98 Å². The Balaban J connectivity index is 1.97. The number of rotatable bonds is 4. The molecule has 1 aliphatic heterocycles. The van der Waals surface area contributed by atoms with Gasteiger partial charge in [0.05, 0.1) is 6.10 Å². The number of carbonyl (C=O) groups excluding carboxylic acids is 1. The largest absolute Gasteiger partial charge is 0.376 e. The summed E-state index contributed by atoms with van der Waals surface area (Å²) in [7, 11) is 0. The summed E-state index contributed by atoms with van der Waals surface area (Å²) >= 11 is 0. The predicted octanol–water partition coefficient (Wildman–Crippen LogP) is 1.92. The van der Waals surface area contributed by atoms with E-state index in [9.17, 15) is 4.79 Å². The van der Waals surface area contributed by atoms with Crippen molar-refractivity contribution in [1.29, 1.82) is 0 Å². The molecule has 0 aliphatic carbocycles. The van der Waals surface area contributed by atoms with Gasteiger partial charge in [-0.25, -0.2) is 0 Å². The van der Waals surface area contributed by atoms with Crippen molar-refractivity contribution in [2.75, 3.05) is 13.2 Å². The number of carbonyl (C=O) groups is 1. The standard InChI is InChI=1S/C14H20N2O2/c1-11-5-6-13(8-15-11)9-16(12(2)17)10-14-4-3-7-18-14/h5-6,8,14H,3-4,7,9-10H2,1-2H3/t14-/m1/s1. The van der Waals surface area contributed by atoms with E-state index >= 15 is 0 Å². The molecule has 1 saturated heterocycles. The quantitative estimate of drug-likeness (QED) is 0.817. The van der Waals surface area contributed by atoms with Crippen LogP contribution in [0.4, 0.5) is 0 Å². The van der Waals surface area contributed by atoms with Crippen molar-refractivity contribution in [3.63, 3.8) is 0 Å². The Morgan fingerprint density at radius 3 is 2.94 bits per heavy atom. The molecule has 1 aromatic heterocycles. The van der Waals surface area contributed by atoms with Crippen LogP contribution in [0.2, 0.25) is 0 Å². The molecule has 0 saturated carbocycles. The van der Waals surface area contributed by atoms with Crippen LogP contribution in [0.1, 0.15) is 31.0 Å². The summed E-state index contributed by atoms with van der Waals surface area (Å²) in [5, 5.41) is 0. The number of hydrogen-bond donors (Lipinski definition) is 0. The highest BCUT2D eigenvalue weighted by Crippen LogP contribution is 2.15. The van der Waals surface area contributed by atoms with Gasteiger partial charge >= 0.3 is 0 Å². The van der Waals surface area contributed by atoms with Crippen LogP contribution in [0.25, 0.3) is 0 Å². The van der Waals surface area contributed by atoms with Gasteiger partial charge in [-0.2, -0.15) is 0 Å². The van der Waals surface area contributed by atoms with Gasteiger partial charge in [-0.1, -0.05) is 6.07 Å². The second-order valence-corrected chi connectivity index (χ2v) is 4.84. The van der Waals surface area contributed by atoms with E-state index in [1.165, 1.54) is 0 Å². The lowest BCUT2D eigenvalue weighted by Crippen LogP contribution is -2.35. The molecule has 0 aromatic carbocycles. The van der Waals surface area contributed by atoms with Gasteiger partial charge in [0.1, 0.15) is 0 Å². The lowest BCUT2D eigenvalue weighted by Gasteiger charge is -2.24. The maximum absolute atomic E-state index is 11.7. The fourth-order valence-corrected chi connectivity index (χ4v) is 2.15. The van der Waals surface area contributed by atoms with Crippen molar-refractivity contribution in [2.45, 2.75) is 39.3 Å². The van der Waals surface area contributed by atoms with Crippen LogP contribution in [0, 0.1) is 6.92 Å². The van der Waals surface area contributed by atoms with Gasteiger partial charge in [-0.3, -0.25) is 9.78 Å². The highest BCUT2D eigenvalue weighted by molar-refractivity contribution is 5.73. The molecule has 4 nitrogen and oxygen atoms in total. The third-order valence-electron chi connectivity index (χ3n) is 3.24. The first-order valence-electron chi connectivity index (χ1n) is 6.44. The molecular weight excluding hydrogens is 228 g/mol. The van der Waals surface area contributed by atoms with Gasteiger partial charge in [0.15, 0.2) is 0 Å². The molecule has 4 heteroatoms. The van der Waals surface area contributed by atoms with Crippen molar-refractivity contribution in [3.05, 3.63) is 29.6 Å². The Kier molecular flexibility index (Phi) is 4.31. The molecule has 1 aromatic rings. The highest BCUT2D eigenvalue weighted by Gasteiger charge is 2.20.